The zero-order valence-corrected chi connectivity index (χ0v) is 26.2. The lowest BCUT2D eigenvalue weighted by molar-refractivity contribution is -0.133. The molecule has 1 aliphatic rings. The fourth-order valence-corrected chi connectivity index (χ4v) is 4.71. The van der Waals surface area contributed by atoms with Crippen LogP contribution in [0, 0.1) is 6.92 Å². The average molecular weight is 592 g/mol. The minimum Gasteiger partial charge on any atom is -0.497 e. The van der Waals surface area contributed by atoms with Crippen molar-refractivity contribution < 1.29 is 23.8 Å². The van der Waals surface area contributed by atoms with Gasteiger partial charge in [0, 0.05) is 11.4 Å². The van der Waals surface area contributed by atoms with Crippen LogP contribution < -0.4 is 19.3 Å². The van der Waals surface area contributed by atoms with Crippen LogP contribution in [0.1, 0.15) is 59.1 Å². The van der Waals surface area contributed by atoms with E-state index in [0.717, 1.165) is 22.4 Å². The van der Waals surface area contributed by atoms with E-state index in [1.54, 1.807) is 49.3 Å². The predicted molar refractivity (Wildman–Crippen MR) is 166 cm³/mol. The Labute approximate surface area is 252 Å². The second-order valence-electron chi connectivity index (χ2n) is 11.8. The van der Waals surface area contributed by atoms with E-state index in [-0.39, 0.29) is 18.3 Å². The number of methoxy groups -OCH3 is 1. The number of aromatic nitrogens is 1. The molecule has 1 unspecified atom stereocenters. The number of anilines is 3. The van der Waals surface area contributed by atoms with Crippen LogP contribution in [0.5, 0.6) is 11.6 Å². The smallest absolute Gasteiger partial charge is 0.416 e. The summed E-state index contributed by atoms with van der Waals surface area (Å²) in [6, 6.07) is 16.2. The molecule has 4 rings (SSSR count). The molecule has 3 aromatic rings. The number of halogens is 1. The third kappa shape index (κ3) is 6.87. The van der Waals surface area contributed by atoms with Crippen molar-refractivity contribution >= 4 is 40.8 Å². The van der Waals surface area contributed by atoms with Crippen molar-refractivity contribution in [1.29, 1.82) is 0 Å². The van der Waals surface area contributed by atoms with Gasteiger partial charge in [-0.1, -0.05) is 35.4 Å². The largest absolute Gasteiger partial charge is 0.497 e. The van der Waals surface area contributed by atoms with Crippen molar-refractivity contribution in [3.8, 4) is 11.6 Å². The minimum absolute atomic E-state index is 0.197. The van der Waals surface area contributed by atoms with Gasteiger partial charge in [-0.3, -0.25) is 14.6 Å². The van der Waals surface area contributed by atoms with Gasteiger partial charge in [-0.15, -0.1) is 0 Å². The van der Waals surface area contributed by atoms with Gasteiger partial charge < -0.3 is 14.2 Å². The van der Waals surface area contributed by atoms with Crippen LogP contribution in [0.2, 0.25) is 5.02 Å². The van der Waals surface area contributed by atoms with Crippen LogP contribution >= 0.6 is 11.6 Å². The average Bonchev–Trinajstić information content (AvgIpc) is 2.90. The highest BCUT2D eigenvalue weighted by Gasteiger charge is 2.46. The number of allylic oxidation sites excluding steroid dienone is 1. The molecule has 1 aliphatic heterocycles. The first-order valence-corrected chi connectivity index (χ1v) is 14.2. The Balaban J connectivity index is 1.83. The molecule has 0 saturated carbocycles. The van der Waals surface area contributed by atoms with Gasteiger partial charge in [-0.05, 0) is 102 Å². The maximum absolute atomic E-state index is 14.0. The van der Waals surface area contributed by atoms with E-state index in [0.29, 0.717) is 28.6 Å². The Kier molecular flexibility index (Phi) is 8.87. The highest BCUT2D eigenvalue weighted by Crippen LogP contribution is 2.44. The lowest BCUT2D eigenvalue weighted by Gasteiger charge is -2.40. The fraction of sp³-hybridized carbons (Fsp3) is 0.364. The van der Waals surface area contributed by atoms with Gasteiger partial charge in [-0.2, -0.15) is 4.98 Å². The number of pyridine rings is 1. The number of hydrogen-bond donors (Lipinski definition) is 0. The summed E-state index contributed by atoms with van der Waals surface area (Å²) in [6.45, 7) is 13.3. The Morgan fingerprint density at radius 3 is 2.50 bits per heavy atom. The molecule has 9 heteroatoms. The first kappa shape index (κ1) is 30.9. The lowest BCUT2D eigenvalue weighted by Crippen LogP contribution is -2.52. The highest BCUT2D eigenvalue weighted by atomic mass is 35.5. The molecule has 0 bridgehead atoms. The van der Waals surface area contributed by atoms with Crippen LogP contribution in [0.25, 0.3) is 0 Å². The number of carbonyl (C=O) groups is 2. The van der Waals surface area contributed by atoms with Crippen molar-refractivity contribution in [1.82, 2.24) is 4.98 Å². The minimum atomic E-state index is -1.25. The number of amides is 2. The van der Waals surface area contributed by atoms with E-state index < -0.39 is 17.3 Å². The van der Waals surface area contributed by atoms with Crippen LogP contribution in [0.3, 0.4) is 0 Å². The van der Waals surface area contributed by atoms with E-state index in [1.165, 1.54) is 4.90 Å². The summed E-state index contributed by atoms with van der Waals surface area (Å²) in [5.74, 6) is 1.02. The molecule has 2 amide bonds. The second-order valence-corrected chi connectivity index (χ2v) is 12.2. The van der Waals surface area contributed by atoms with Crippen LogP contribution in [-0.4, -0.2) is 35.3 Å². The number of carbonyl (C=O) groups excluding carboxylic acids is 2. The van der Waals surface area contributed by atoms with Gasteiger partial charge in [0.25, 0.3) is 5.91 Å². The van der Waals surface area contributed by atoms with Crippen molar-refractivity contribution in [2.75, 3.05) is 16.9 Å². The van der Waals surface area contributed by atoms with E-state index in [4.69, 9.17) is 30.8 Å². The van der Waals surface area contributed by atoms with Gasteiger partial charge in [-0.25, -0.2) is 4.79 Å². The van der Waals surface area contributed by atoms with Gasteiger partial charge >= 0.3 is 6.09 Å². The van der Waals surface area contributed by atoms with Crippen LogP contribution in [-0.2, 0) is 16.1 Å². The quantitative estimate of drug-likeness (QED) is 0.258. The number of ether oxygens (including phenoxy) is 3. The van der Waals surface area contributed by atoms with Crippen LogP contribution in [0.15, 0.2) is 66.2 Å². The van der Waals surface area contributed by atoms with Crippen molar-refractivity contribution in [3.05, 3.63) is 82.4 Å². The molecule has 1 aromatic heterocycles. The topological polar surface area (TPSA) is 81.2 Å². The number of fused-ring (bicyclic) bond motifs is 1. The van der Waals surface area contributed by atoms with Crippen molar-refractivity contribution in [2.24, 2.45) is 0 Å². The molecule has 0 spiro atoms. The van der Waals surface area contributed by atoms with Gasteiger partial charge in [0.05, 0.1) is 19.3 Å². The van der Waals surface area contributed by atoms with E-state index >= 15 is 0 Å². The van der Waals surface area contributed by atoms with Gasteiger partial charge in [0.15, 0.2) is 5.60 Å². The van der Waals surface area contributed by atoms with Crippen LogP contribution in [0.4, 0.5) is 22.0 Å². The van der Waals surface area contributed by atoms with E-state index in [1.807, 2.05) is 71.9 Å². The molecule has 222 valence electrons. The molecule has 0 fully saturated rings. The fourth-order valence-electron chi connectivity index (χ4n) is 4.52. The molecular weight excluding hydrogens is 554 g/mol. The Hall–Kier alpha value is -4.04. The zero-order valence-electron chi connectivity index (χ0n) is 25.4. The maximum atomic E-state index is 14.0. The number of hydrogen-bond acceptors (Lipinski definition) is 6. The summed E-state index contributed by atoms with van der Waals surface area (Å²) >= 11 is 6.32. The molecule has 0 radical (unpaired) electrons. The molecule has 2 heterocycles. The Morgan fingerprint density at radius 1 is 1.14 bits per heavy atom. The molecule has 8 nitrogen and oxygen atoms in total. The van der Waals surface area contributed by atoms with Crippen molar-refractivity contribution in [3.63, 3.8) is 0 Å². The molecule has 42 heavy (non-hydrogen) atoms. The monoisotopic (exact) mass is 591 g/mol. The summed E-state index contributed by atoms with van der Waals surface area (Å²) in [6.07, 6.45) is 1.73. The molecule has 0 aliphatic carbocycles. The third-order valence-corrected chi connectivity index (χ3v) is 7.01. The number of nitrogens with zero attached hydrogens (tertiary/aromatic N) is 3. The van der Waals surface area contributed by atoms with Gasteiger partial charge in [0.2, 0.25) is 5.88 Å². The zero-order chi connectivity index (χ0) is 30.8. The summed E-state index contributed by atoms with van der Waals surface area (Å²) in [5.41, 5.74) is 1.96. The highest BCUT2D eigenvalue weighted by molar-refractivity contribution is 6.31. The summed E-state index contributed by atoms with van der Waals surface area (Å²) in [7, 11) is 1.61. The summed E-state index contributed by atoms with van der Waals surface area (Å²) in [4.78, 5) is 35.4. The SMILES string of the molecule is COc1ccc(CN(C(=O)OC(C)(C)C)c2ccc3c(n2)OC(C)(CC=C(C)C)C(=O)N3c2cccc(Cl)c2)c(C)c1. The first-order valence-electron chi connectivity index (χ1n) is 13.8. The predicted octanol–water partition coefficient (Wildman–Crippen LogP) is 8.17. The standard InChI is InChI=1S/C33H38ClN3O5/c1-21(2)16-17-33(7)30(38)37(25-11-9-10-24(34)19-25)27-14-15-28(35-29(27)41-33)36(31(39)42-32(4,5)6)20-23-12-13-26(40-8)18-22(23)3/h9-16,18-19H,17,20H2,1-8H3. The number of benzene rings is 2. The van der Waals surface area contributed by atoms with E-state index in [9.17, 15) is 9.59 Å². The summed E-state index contributed by atoms with van der Waals surface area (Å²) in [5, 5.41) is 0.495. The third-order valence-electron chi connectivity index (χ3n) is 6.78. The number of rotatable bonds is 7. The first-order chi connectivity index (χ1) is 19.7. The van der Waals surface area contributed by atoms with Crippen molar-refractivity contribution in [2.45, 2.75) is 72.6 Å². The molecule has 1 atom stereocenters. The summed E-state index contributed by atoms with van der Waals surface area (Å²) < 4.78 is 17.5. The molecule has 2 aromatic carbocycles. The number of aryl methyl sites for hydroxylation is 1. The second kappa shape index (κ2) is 12.1. The molecule has 0 N–H and O–H groups in total. The van der Waals surface area contributed by atoms with Gasteiger partial charge in [0.1, 0.15) is 22.9 Å². The Bertz CT molecular complexity index is 1530. The maximum Gasteiger partial charge on any atom is 0.416 e. The molecule has 0 saturated heterocycles. The normalized spacial score (nSPS) is 16.3. The molecular formula is C33H38ClN3O5. The lowest BCUT2D eigenvalue weighted by atomic mass is 9.96. The Morgan fingerprint density at radius 2 is 1.88 bits per heavy atom. The van der Waals surface area contributed by atoms with E-state index in [2.05, 4.69) is 0 Å².